The molecule has 0 radical (unpaired) electrons. The summed E-state index contributed by atoms with van der Waals surface area (Å²) in [5.74, 6) is 0.220. The van der Waals surface area contributed by atoms with Crippen molar-refractivity contribution in [3.63, 3.8) is 0 Å². The molecule has 3 atom stereocenters. The van der Waals surface area contributed by atoms with Crippen molar-refractivity contribution in [3.8, 4) is 0 Å². The van der Waals surface area contributed by atoms with Crippen LogP contribution >= 0.6 is 0 Å². The van der Waals surface area contributed by atoms with Crippen molar-refractivity contribution >= 4 is 11.6 Å². The first-order chi connectivity index (χ1) is 11.1. The van der Waals surface area contributed by atoms with Crippen LogP contribution in [0.5, 0.6) is 0 Å². The number of carbonyl (C=O) groups excluding carboxylic acids is 1. The van der Waals surface area contributed by atoms with Crippen molar-refractivity contribution < 1.29 is 9.53 Å². The number of ether oxygens (including phenoxy) is 1. The van der Waals surface area contributed by atoms with Crippen molar-refractivity contribution in [1.29, 1.82) is 0 Å². The van der Waals surface area contributed by atoms with Gasteiger partial charge in [-0.1, -0.05) is 18.2 Å². The number of hydrogen-bond donors (Lipinski definition) is 2. The number of para-hydroxylation sites is 1. The molecule has 0 saturated carbocycles. The van der Waals surface area contributed by atoms with E-state index in [-0.39, 0.29) is 24.0 Å². The molecule has 5 heteroatoms. The molecule has 0 spiro atoms. The monoisotopic (exact) mass is 317 g/mol. The molecule has 126 valence electrons. The van der Waals surface area contributed by atoms with E-state index in [1.165, 1.54) is 5.56 Å². The Balaban J connectivity index is 1.66. The van der Waals surface area contributed by atoms with Crippen LogP contribution < -0.4 is 10.6 Å². The van der Waals surface area contributed by atoms with Crippen molar-refractivity contribution in [3.05, 3.63) is 29.8 Å². The molecule has 0 aromatic heterocycles. The van der Waals surface area contributed by atoms with E-state index >= 15 is 0 Å². The summed E-state index contributed by atoms with van der Waals surface area (Å²) in [6, 6.07) is 8.13. The fourth-order valence-corrected chi connectivity index (χ4v) is 3.55. The number of carbonyl (C=O) groups is 1. The normalized spacial score (nSPS) is 28.7. The van der Waals surface area contributed by atoms with Gasteiger partial charge in [0.2, 0.25) is 5.91 Å². The minimum atomic E-state index is 0.0893. The summed E-state index contributed by atoms with van der Waals surface area (Å²) in [6.45, 7) is 8.65. The van der Waals surface area contributed by atoms with E-state index < -0.39 is 0 Å². The smallest absolute Gasteiger partial charge is 0.228 e. The lowest BCUT2D eigenvalue weighted by molar-refractivity contribution is -0.119. The standard InChI is InChI=1S/C18H27N3O2/c1-13-10-21(11-14(2)23-13)12-16-5-3-4-6-17(16)20-18(22)15-7-8-19-9-15/h3-6,13-15,19H,7-12H2,1-2H3,(H,20,22). The zero-order valence-electron chi connectivity index (χ0n) is 14.0. The third-order valence-electron chi connectivity index (χ3n) is 4.60. The van der Waals surface area contributed by atoms with Gasteiger partial charge in [-0.15, -0.1) is 0 Å². The van der Waals surface area contributed by atoms with Crippen LogP contribution in [0.3, 0.4) is 0 Å². The summed E-state index contributed by atoms with van der Waals surface area (Å²) in [6.07, 6.45) is 1.43. The maximum absolute atomic E-state index is 12.4. The lowest BCUT2D eigenvalue weighted by Crippen LogP contribution is -2.44. The Kier molecular flexibility index (Phi) is 5.30. The van der Waals surface area contributed by atoms with Gasteiger partial charge in [0.15, 0.2) is 0 Å². The highest BCUT2D eigenvalue weighted by molar-refractivity contribution is 5.93. The number of nitrogens with zero attached hydrogens (tertiary/aromatic N) is 1. The van der Waals surface area contributed by atoms with Crippen LogP contribution in [0.2, 0.25) is 0 Å². The number of hydrogen-bond acceptors (Lipinski definition) is 4. The van der Waals surface area contributed by atoms with Gasteiger partial charge in [-0.25, -0.2) is 0 Å². The van der Waals surface area contributed by atoms with Gasteiger partial charge in [0.25, 0.3) is 0 Å². The zero-order valence-corrected chi connectivity index (χ0v) is 14.0. The second-order valence-corrected chi connectivity index (χ2v) is 6.79. The Bertz CT molecular complexity index is 533. The molecule has 0 aliphatic carbocycles. The summed E-state index contributed by atoms with van der Waals surface area (Å²) in [7, 11) is 0. The van der Waals surface area contributed by atoms with Gasteiger partial charge < -0.3 is 15.4 Å². The van der Waals surface area contributed by atoms with Gasteiger partial charge in [0, 0.05) is 31.9 Å². The molecule has 2 saturated heterocycles. The van der Waals surface area contributed by atoms with Gasteiger partial charge >= 0.3 is 0 Å². The maximum atomic E-state index is 12.4. The minimum absolute atomic E-state index is 0.0893. The third-order valence-corrected chi connectivity index (χ3v) is 4.60. The topological polar surface area (TPSA) is 53.6 Å². The van der Waals surface area contributed by atoms with E-state index in [1.807, 2.05) is 18.2 Å². The summed E-state index contributed by atoms with van der Waals surface area (Å²) < 4.78 is 5.80. The van der Waals surface area contributed by atoms with Gasteiger partial charge in [0.1, 0.15) is 0 Å². The molecule has 1 aromatic rings. The number of amides is 1. The lowest BCUT2D eigenvalue weighted by atomic mass is 10.1. The Labute approximate surface area is 138 Å². The molecule has 2 N–H and O–H groups in total. The van der Waals surface area contributed by atoms with Crippen LogP contribution in [0.15, 0.2) is 24.3 Å². The first-order valence-corrected chi connectivity index (χ1v) is 8.59. The van der Waals surface area contributed by atoms with Crippen molar-refractivity contribution in [2.45, 2.75) is 39.0 Å². The summed E-state index contributed by atoms with van der Waals surface area (Å²) in [5, 5.41) is 6.37. The third kappa shape index (κ3) is 4.31. The number of anilines is 1. The van der Waals surface area contributed by atoms with Crippen molar-refractivity contribution in [2.24, 2.45) is 5.92 Å². The van der Waals surface area contributed by atoms with Crippen LogP contribution in [0.1, 0.15) is 25.8 Å². The molecule has 23 heavy (non-hydrogen) atoms. The predicted molar refractivity (Wildman–Crippen MR) is 91.3 cm³/mol. The van der Waals surface area contributed by atoms with E-state index in [9.17, 15) is 4.79 Å². The first kappa shape index (κ1) is 16.4. The Morgan fingerprint density at radius 3 is 2.74 bits per heavy atom. The quantitative estimate of drug-likeness (QED) is 0.890. The van der Waals surface area contributed by atoms with Gasteiger partial charge in [-0.3, -0.25) is 9.69 Å². The fourth-order valence-electron chi connectivity index (χ4n) is 3.55. The lowest BCUT2D eigenvalue weighted by Gasteiger charge is -2.35. The fraction of sp³-hybridized carbons (Fsp3) is 0.611. The second kappa shape index (κ2) is 7.43. The molecule has 0 bridgehead atoms. The molecule has 3 rings (SSSR count). The number of morpholine rings is 1. The molecule has 1 amide bonds. The highest BCUT2D eigenvalue weighted by Crippen LogP contribution is 2.21. The van der Waals surface area contributed by atoms with Crippen LogP contribution in [0.25, 0.3) is 0 Å². The van der Waals surface area contributed by atoms with E-state index in [4.69, 9.17) is 4.74 Å². The summed E-state index contributed by atoms with van der Waals surface area (Å²) in [5.41, 5.74) is 2.12. The molecule has 5 nitrogen and oxygen atoms in total. The van der Waals surface area contributed by atoms with E-state index in [0.717, 1.165) is 44.8 Å². The van der Waals surface area contributed by atoms with E-state index in [2.05, 4.69) is 35.4 Å². The molecule has 1 aromatic carbocycles. The van der Waals surface area contributed by atoms with Crippen LogP contribution in [-0.4, -0.2) is 49.2 Å². The molecular weight excluding hydrogens is 290 g/mol. The van der Waals surface area contributed by atoms with Gasteiger partial charge in [-0.05, 0) is 38.4 Å². The highest BCUT2D eigenvalue weighted by atomic mass is 16.5. The SMILES string of the molecule is CC1CN(Cc2ccccc2NC(=O)C2CCNC2)CC(C)O1. The molecule has 2 heterocycles. The van der Waals surface area contributed by atoms with Crippen LogP contribution in [-0.2, 0) is 16.1 Å². The Hall–Kier alpha value is -1.43. The molecular formula is C18H27N3O2. The maximum Gasteiger partial charge on any atom is 0.228 e. The number of benzene rings is 1. The second-order valence-electron chi connectivity index (χ2n) is 6.79. The van der Waals surface area contributed by atoms with Gasteiger partial charge in [0.05, 0.1) is 18.1 Å². The van der Waals surface area contributed by atoms with Crippen molar-refractivity contribution in [2.75, 3.05) is 31.5 Å². The average Bonchev–Trinajstić information content (AvgIpc) is 3.02. The summed E-state index contributed by atoms with van der Waals surface area (Å²) in [4.78, 5) is 14.8. The largest absolute Gasteiger partial charge is 0.373 e. The Morgan fingerprint density at radius 1 is 1.30 bits per heavy atom. The summed E-state index contributed by atoms with van der Waals surface area (Å²) >= 11 is 0. The first-order valence-electron chi connectivity index (χ1n) is 8.59. The van der Waals surface area contributed by atoms with Gasteiger partial charge in [-0.2, -0.15) is 0 Å². The highest BCUT2D eigenvalue weighted by Gasteiger charge is 2.25. The number of nitrogens with one attached hydrogen (secondary N) is 2. The molecule has 2 aliphatic rings. The minimum Gasteiger partial charge on any atom is -0.373 e. The molecule has 3 unspecified atom stereocenters. The number of rotatable bonds is 4. The van der Waals surface area contributed by atoms with Crippen molar-refractivity contribution in [1.82, 2.24) is 10.2 Å². The van der Waals surface area contributed by atoms with Crippen LogP contribution in [0, 0.1) is 5.92 Å². The van der Waals surface area contributed by atoms with Crippen LogP contribution in [0.4, 0.5) is 5.69 Å². The molecule has 2 fully saturated rings. The Morgan fingerprint density at radius 2 is 2.04 bits per heavy atom. The van der Waals surface area contributed by atoms with E-state index in [0.29, 0.717) is 0 Å². The van der Waals surface area contributed by atoms with E-state index in [1.54, 1.807) is 0 Å². The zero-order chi connectivity index (χ0) is 16.2. The average molecular weight is 317 g/mol. The molecule has 2 aliphatic heterocycles. The predicted octanol–water partition coefficient (Wildman–Crippen LogP) is 1.84.